The van der Waals surface area contributed by atoms with Gasteiger partial charge in [-0.2, -0.15) is 5.10 Å². The van der Waals surface area contributed by atoms with Crippen LogP contribution in [0.1, 0.15) is 0 Å². The third kappa shape index (κ3) is 4.04. The molecule has 0 fully saturated rings. The van der Waals surface area contributed by atoms with E-state index < -0.39 is 0 Å². The molecule has 7 nitrogen and oxygen atoms in total. The van der Waals surface area contributed by atoms with E-state index in [2.05, 4.69) is 20.4 Å². The lowest BCUT2D eigenvalue weighted by molar-refractivity contribution is -0.118. The van der Waals surface area contributed by atoms with Crippen LogP contribution in [0.15, 0.2) is 67.3 Å². The van der Waals surface area contributed by atoms with Crippen molar-refractivity contribution in [3.05, 3.63) is 73.1 Å². The molecule has 140 valence electrons. The number of thiazole rings is 1. The molecule has 2 aromatic heterocycles. The Kier molecular flexibility index (Phi) is 5.07. The number of benzene rings is 2. The highest BCUT2D eigenvalue weighted by Gasteiger charge is 2.17. The Morgan fingerprint density at radius 2 is 1.93 bits per heavy atom. The minimum atomic E-state index is -0.372. The van der Waals surface area contributed by atoms with E-state index in [1.807, 2.05) is 30.3 Å². The summed E-state index contributed by atoms with van der Waals surface area (Å²) in [4.78, 5) is 20.7. The minimum absolute atomic E-state index is 0.218. The molecule has 0 radical (unpaired) electrons. The molecule has 0 spiro atoms. The molecular weight excluding hydrogens is 381 g/mol. The molecule has 1 N–H and O–H groups in total. The SMILES string of the molecule is O=C(COc1ccc(F)cc1)Nc1nc(-c2ccccc2)c(-n2cncn2)s1. The Morgan fingerprint density at radius 1 is 1.14 bits per heavy atom. The molecule has 0 saturated carbocycles. The zero-order valence-electron chi connectivity index (χ0n) is 14.4. The number of hydrogen-bond donors (Lipinski definition) is 1. The molecule has 4 rings (SSSR count). The highest BCUT2D eigenvalue weighted by molar-refractivity contribution is 7.18. The normalized spacial score (nSPS) is 10.6. The van der Waals surface area contributed by atoms with Gasteiger partial charge in [-0.15, -0.1) is 0 Å². The predicted octanol–water partition coefficient (Wildman–Crippen LogP) is 3.55. The second-order valence-corrected chi connectivity index (χ2v) is 6.65. The fourth-order valence-electron chi connectivity index (χ4n) is 2.45. The quantitative estimate of drug-likeness (QED) is 0.540. The number of ether oxygens (including phenoxy) is 1. The van der Waals surface area contributed by atoms with Crippen LogP contribution in [0, 0.1) is 5.82 Å². The molecule has 9 heteroatoms. The minimum Gasteiger partial charge on any atom is -0.484 e. The molecule has 0 atom stereocenters. The van der Waals surface area contributed by atoms with E-state index in [0.717, 1.165) is 10.6 Å². The summed E-state index contributed by atoms with van der Waals surface area (Å²) in [6.07, 6.45) is 3.01. The summed E-state index contributed by atoms with van der Waals surface area (Å²) in [5.74, 6) is -0.333. The molecule has 0 unspecified atom stereocenters. The molecule has 2 aromatic carbocycles. The van der Waals surface area contributed by atoms with Crippen LogP contribution in [0.2, 0.25) is 0 Å². The van der Waals surface area contributed by atoms with Crippen LogP contribution in [0.4, 0.5) is 9.52 Å². The maximum absolute atomic E-state index is 12.9. The second kappa shape index (κ2) is 7.97. The third-order valence-corrected chi connectivity index (χ3v) is 4.67. The first-order chi connectivity index (χ1) is 13.7. The largest absolute Gasteiger partial charge is 0.484 e. The van der Waals surface area contributed by atoms with Crippen molar-refractivity contribution in [2.45, 2.75) is 0 Å². The average Bonchev–Trinajstić information content (AvgIpc) is 3.38. The molecule has 28 heavy (non-hydrogen) atoms. The Morgan fingerprint density at radius 3 is 2.64 bits per heavy atom. The number of rotatable bonds is 6. The van der Waals surface area contributed by atoms with Gasteiger partial charge in [0.05, 0.1) is 0 Å². The monoisotopic (exact) mass is 395 g/mol. The number of nitrogens with one attached hydrogen (secondary N) is 1. The smallest absolute Gasteiger partial charge is 0.264 e. The zero-order valence-corrected chi connectivity index (χ0v) is 15.3. The standard InChI is InChI=1S/C19H14FN5O2S/c20-14-6-8-15(9-7-14)27-10-16(26)23-19-24-17(13-4-2-1-3-5-13)18(28-19)25-12-21-11-22-25/h1-9,11-12H,10H2,(H,23,24,26). The van der Waals surface area contributed by atoms with E-state index in [0.29, 0.717) is 16.6 Å². The topological polar surface area (TPSA) is 81.9 Å². The Balaban J connectivity index is 1.51. The van der Waals surface area contributed by atoms with E-state index in [1.54, 1.807) is 11.0 Å². The van der Waals surface area contributed by atoms with Crippen molar-refractivity contribution >= 4 is 22.4 Å². The van der Waals surface area contributed by atoms with Gasteiger partial charge in [-0.1, -0.05) is 41.7 Å². The lowest BCUT2D eigenvalue weighted by atomic mass is 10.2. The molecule has 0 bridgehead atoms. The highest BCUT2D eigenvalue weighted by atomic mass is 32.1. The molecular formula is C19H14FN5O2S. The van der Waals surface area contributed by atoms with Crippen molar-refractivity contribution < 1.29 is 13.9 Å². The van der Waals surface area contributed by atoms with Crippen molar-refractivity contribution in [2.75, 3.05) is 11.9 Å². The van der Waals surface area contributed by atoms with Gasteiger partial charge >= 0.3 is 0 Å². The number of carbonyl (C=O) groups excluding carboxylic acids is 1. The summed E-state index contributed by atoms with van der Waals surface area (Å²) in [5, 5.41) is 8.03. The average molecular weight is 395 g/mol. The van der Waals surface area contributed by atoms with E-state index in [-0.39, 0.29) is 18.3 Å². The van der Waals surface area contributed by atoms with Crippen LogP contribution in [-0.4, -0.2) is 32.3 Å². The number of aromatic nitrogens is 4. The molecule has 0 aliphatic carbocycles. The number of hydrogen-bond acceptors (Lipinski definition) is 6. The maximum Gasteiger partial charge on any atom is 0.264 e. The Bertz CT molecular complexity index is 1070. The number of carbonyl (C=O) groups is 1. The lowest BCUT2D eigenvalue weighted by Gasteiger charge is -2.05. The second-order valence-electron chi connectivity index (χ2n) is 5.67. The first-order valence-electron chi connectivity index (χ1n) is 8.28. The van der Waals surface area contributed by atoms with Gasteiger partial charge in [-0.25, -0.2) is 19.0 Å². The molecule has 0 aliphatic rings. The van der Waals surface area contributed by atoms with Crippen molar-refractivity contribution in [2.24, 2.45) is 0 Å². The van der Waals surface area contributed by atoms with Crippen LogP contribution < -0.4 is 10.1 Å². The maximum atomic E-state index is 12.9. The number of nitrogens with zero attached hydrogens (tertiary/aromatic N) is 4. The number of halogens is 1. The van der Waals surface area contributed by atoms with Crippen molar-refractivity contribution in [1.82, 2.24) is 19.7 Å². The van der Waals surface area contributed by atoms with Gasteiger partial charge in [-0.3, -0.25) is 10.1 Å². The van der Waals surface area contributed by atoms with Gasteiger partial charge in [0, 0.05) is 5.56 Å². The fourth-order valence-corrected chi connectivity index (χ4v) is 3.39. The van der Waals surface area contributed by atoms with Gasteiger partial charge in [0.2, 0.25) is 0 Å². The Hall–Kier alpha value is -3.59. The van der Waals surface area contributed by atoms with Crippen LogP contribution in [0.25, 0.3) is 16.3 Å². The van der Waals surface area contributed by atoms with Crippen LogP contribution >= 0.6 is 11.3 Å². The summed E-state index contributed by atoms with van der Waals surface area (Å²) in [6.45, 7) is -0.218. The molecule has 1 amide bonds. The van der Waals surface area contributed by atoms with Crippen molar-refractivity contribution in [3.8, 4) is 22.0 Å². The zero-order chi connectivity index (χ0) is 19.3. The molecule has 0 aliphatic heterocycles. The molecule has 4 aromatic rings. The highest BCUT2D eigenvalue weighted by Crippen LogP contribution is 2.33. The predicted molar refractivity (Wildman–Crippen MR) is 103 cm³/mol. The summed E-state index contributed by atoms with van der Waals surface area (Å²) >= 11 is 1.28. The Labute approximate surface area is 163 Å². The first kappa shape index (κ1) is 17.8. The van der Waals surface area contributed by atoms with Crippen LogP contribution in [-0.2, 0) is 4.79 Å². The number of anilines is 1. The number of amides is 1. The summed E-state index contributed by atoms with van der Waals surface area (Å²) < 4.78 is 19.9. The van der Waals surface area contributed by atoms with Crippen molar-refractivity contribution in [3.63, 3.8) is 0 Å². The van der Waals surface area contributed by atoms with E-state index in [9.17, 15) is 9.18 Å². The van der Waals surface area contributed by atoms with Crippen LogP contribution in [0.5, 0.6) is 5.75 Å². The third-order valence-electron chi connectivity index (χ3n) is 3.71. The summed E-state index contributed by atoms with van der Waals surface area (Å²) in [5.41, 5.74) is 1.58. The van der Waals surface area contributed by atoms with Gasteiger partial charge < -0.3 is 4.74 Å². The van der Waals surface area contributed by atoms with E-state index in [1.165, 1.54) is 41.9 Å². The van der Waals surface area contributed by atoms with E-state index >= 15 is 0 Å². The molecule has 2 heterocycles. The summed E-state index contributed by atoms with van der Waals surface area (Å²) in [6, 6.07) is 15.1. The van der Waals surface area contributed by atoms with Crippen molar-refractivity contribution in [1.29, 1.82) is 0 Å². The summed E-state index contributed by atoms with van der Waals surface area (Å²) in [7, 11) is 0. The van der Waals surface area contributed by atoms with Gasteiger partial charge in [-0.05, 0) is 24.3 Å². The molecule has 0 saturated heterocycles. The lowest BCUT2D eigenvalue weighted by Crippen LogP contribution is -2.20. The fraction of sp³-hybridized carbons (Fsp3) is 0.0526. The van der Waals surface area contributed by atoms with Gasteiger partial charge in [0.25, 0.3) is 5.91 Å². The van der Waals surface area contributed by atoms with Crippen LogP contribution in [0.3, 0.4) is 0 Å². The van der Waals surface area contributed by atoms with Gasteiger partial charge in [0.15, 0.2) is 11.7 Å². The van der Waals surface area contributed by atoms with E-state index in [4.69, 9.17) is 4.74 Å². The first-order valence-corrected chi connectivity index (χ1v) is 9.10. The van der Waals surface area contributed by atoms with Gasteiger partial charge in [0.1, 0.15) is 34.9 Å².